The summed E-state index contributed by atoms with van der Waals surface area (Å²) in [5.74, 6) is 0.637. The van der Waals surface area contributed by atoms with Crippen LogP contribution in [0.1, 0.15) is 13.8 Å². The van der Waals surface area contributed by atoms with E-state index in [1.807, 2.05) is 18.9 Å². The number of methoxy groups -OCH3 is 1. The Hall–Kier alpha value is -2.09. The van der Waals surface area contributed by atoms with Gasteiger partial charge in [0.25, 0.3) is 0 Å². The van der Waals surface area contributed by atoms with E-state index in [-0.39, 0.29) is 12.6 Å². The summed E-state index contributed by atoms with van der Waals surface area (Å²) in [6.45, 7) is 4.57. The number of nitrogens with zero attached hydrogens (tertiary/aromatic N) is 3. The number of hydrogen-bond acceptors (Lipinski definition) is 6. The molecule has 8 heteroatoms. The summed E-state index contributed by atoms with van der Waals surface area (Å²) in [4.78, 5) is 21.1. The fourth-order valence-corrected chi connectivity index (χ4v) is 1.42. The summed E-state index contributed by atoms with van der Waals surface area (Å²) in [7, 11) is 3.14. The highest BCUT2D eigenvalue weighted by Crippen LogP contribution is 2.08. The molecule has 0 spiro atoms. The molecule has 0 aromatic heterocycles. The van der Waals surface area contributed by atoms with Crippen LogP contribution in [0.3, 0.4) is 0 Å². The molecule has 0 radical (unpaired) electrons. The number of aliphatic hydroxyl groups excluding tert-OH is 1. The van der Waals surface area contributed by atoms with Gasteiger partial charge in [-0.3, -0.25) is 4.99 Å². The molecular weight excluding hydrogens is 274 g/mol. The lowest BCUT2D eigenvalue weighted by molar-refractivity contribution is 0.170. The number of likely N-dealkylation sites (N-methyl/N-ethyl adjacent to an activating group) is 1. The minimum Gasteiger partial charge on any atom is -0.453 e. The number of rotatable bonds is 8. The smallest absolute Gasteiger partial charge is 0.406 e. The summed E-state index contributed by atoms with van der Waals surface area (Å²) in [6.07, 6.45) is 2.37. The summed E-state index contributed by atoms with van der Waals surface area (Å²) < 4.78 is 4.49. The number of allylic oxidation sites excluding steroid dienone is 1. The fraction of sp³-hybridized carbons (Fsp3) is 0.615. The second kappa shape index (κ2) is 10.7. The molecule has 0 bridgehead atoms. The number of aliphatic hydroxyl groups is 1. The average molecular weight is 299 g/mol. The first-order valence-electron chi connectivity index (χ1n) is 6.58. The zero-order chi connectivity index (χ0) is 16.3. The number of hydrogen-bond donors (Lipinski definition) is 3. The Bertz CT molecular complexity index is 407. The number of aliphatic imine (C=N–C) groups is 2. The second-order valence-electron chi connectivity index (χ2n) is 4.43. The number of carbonyl (C=O) groups excluding carboxylic acids is 1. The molecule has 4 N–H and O–H groups in total. The Balaban J connectivity index is 4.78. The SMILES string of the molecule is COC(=O)NCCN(C)C(N=CN)=C(C)C=NC(C)CO. The third-order valence-corrected chi connectivity index (χ3v) is 2.60. The van der Waals surface area contributed by atoms with Gasteiger partial charge >= 0.3 is 6.09 Å². The van der Waals surface area contributed by atoms with Crippen molar-refractivity contribution in [3.05, 3.63) is 11.4 Å². The van der Waals surface area contributed by atoms with E-state index in [9.17, 15) is 4.79 Å². The molecule has 0 aliphatic carbocycles. The van der Waals surface area contributed by atoms with E-state index in [1.54, 1.807) is 13.1 Å². The van der Waals surface area contributed by atoms with Gasteiger partial charge in [0.2, 0.25) is 0 Å². The van der Waals surface area contributed by atoms with Crippen LogP contribution in [0.5, 0.6) is 0 Å². The number of nitrogens with two attached hydrogens (primary N) is 1. The first-order chi connectivity index (χ1) is 9.96. The predicted octanol–water partition coefficient (Wildman–Crippen LogP) is -0.0557. The van der Waals surface area contributed by atoms with Crippen molar-refractivity contribution < 1.29 is 14.6 Å². The lowest BCUT2D eigenvalue weighted by atomic mass is 10.3. The van der Waals surface area contributed by atoms with Crippen LogP contribution in [-0.4, -0.2) is 68.5 Å². The van der Waals surface area contributed by atoms with Gasteiger partial charge in [0, 0.05) is 31.9 Å². The summed E-state index contributed by atoms with van der Waals surface area (Å²) in [6, 6.07) is -0.172. The molecule has 1 unspecified atom stereocenters. The Labute approximate surface area is 125 Å². The van der Waals surface area contributed by atoms with Crippen LogP contribution >= 0.6 is 0 Å². The zero-order valence-electron chi connectivity index (χ0n) is 13.0. The molecule has 1 atom stereocenters. The molecule has 0 aromatic carbocycles. The van der Waals surface area contributed by atoms with E-state index < -0.39 is 6.09 Å². The maximum absolute atomic E-state index is 11.0. The number of amides is 1. The third-order valence-electron chi connectivity index (χ3n) is 2.60. The summed E-state index contributed by atoms with van der Waals surface area (Å²) in [5.41, 5.74) is 6.16. The van der Waals surface area contributed by atoms with Crippen LogP contribution in [0.15, 0.2) is 21.4 Å². The normalized spacial score (nSPS) is 14.1. The van der Waals surface area contributed by atoms with Crippen LogP contribution in [0, 0.1) is 0 Å². The van der Waals surface area contributed by atoms with E-state index in [4.69, 9.17) is 10.8 Å². The molecule has 0 saturated carbocycles. The maximum atomic E-state index is 11.0. The predicted molar refractivity (Wildman–Crippen MR) is 83.5 cm³/mol. The van der Waals surface area contributed by atoms with Crippen molar-refractivity contribution in [1.82, 2.24) is 10.2 Å². The van der Waals surface area contributed by atoms with Crippen molar-refractivity contribution >= 4 is 18.6 Å². The van der Waals surface area contributed by atoms with Crippen LogP contribution < -0.4 is 11.1 Å². The van der Waals surface area contributed by atoms with Crippen LogP contribution in [-0.2, 0) is 4.74 Å². The fourth-order valence-electron chi connectivity index (χ4n) is 1.42. The quantitative estimate of drug-likeness (QED) is 0.429. The van der Waals surface area contributed by atoms with Crippen molar-refractivity contribution in [2.24, 2.45) is 15.7 Å². The van der Waals surface area contributed by atoms with Crippen LogP contribution in [0.2, 0.25) is 0 Å². The monoisotopic (exact) mass is 299 g/mol. The third kappa shape index (κ3) is 7.93. The number of carbonyl (C=O) groups is 1. The van der Waals surface area contributed by atoms with Crippen molar-refractivity contribution in [2.45, 2.75) is 19.9 Å². The maximum Gasteiger partial charge on any atom is 0.406 e. The van der Waals surface area contributed by atoms with Gasteiger partial charge in [0.15, 0.2) is 0 Å². The molecule has 21 heavy (non-hydrogen) atoms. The Morgan fingerprint density at radius 1 is 1.57 bits per heavy atom. The topological polar surface area (TPSA) is 113 Å². The first kappa shape index (κ1) is 18.9. The van der Waals surface area contributed by atoms with Gasteiger partial charge in [-0.15, -0.1) is 0 Å². The van der Waals surface area contributed by atoms with Crippen molar-refractivity contribution in [1.29, 1.82) is 0 Å². The van der Waals surface area contributed by atoms with Gasteiger partial charge in [0.05, 0.1) is 26.1 Å². The van der Waals surface area contributed by atoms with Crippen LogP contribution in [0.4, 0.5) is 4.79 Å². The van der Waals surface area contributed by atoms with Crippen molar-refractivity contribution in [3.8, 4) is 0 Å². The van der Waals surface area contributed by atoms with E-state index in [1.165, 1.54) is 13.4 Å². The average Bonchev–Trinajstić information content (AvgIpc) is 2.49. The van der Waals surface area contributed by atoms with Gasteiger partial charge in [-0.05, 0) is 13.8 Å². The van der Waals surface area contributed by atoms with E-state index in [0.29, 0.717) is 18.9 Å². The molecule has 0 heterocycles. The Morgan fingerprint density at radius 2 is 2.24 bits per heavy atom. The van der Waals surface area contributed by atoms with E-state index in [2.05, 4.69) is 20.0 Å². The number of alkyl carbamates (subject to hydrolysis) is 1. The van der Waals surface area contributed by atoms with E-state index >= 15 is 0 Å². The number of ether oxygens (including phenoxy) is 1. The second-order valence-corrected chi connectivity index (χ2v) is 4.43. The molecule has 0 rings (SSSR count). The number of nitrogens with one attached hydrogen (secondary N) is 1. The Kier molecular flexibility index (Phi) is 9.61. The molecule has 1 amide bonds. The summed E-state index contributed by atoms with van der Waals surface area (Å²) >= 11 is 0. The first-order valence-corrected chi connectivity index (χ1v) is 6.58. The van der Waals surface area contributed by atoms with Gasteiger partial charge in [-0.2, -0.15) is 0 Å². The minimum absolute atomic E-state index is 0.0157. The van der Waals surface area contributed by atoms with Gasteiger partial charge in [-0.25, -0.2) is 9.79 Å². The highest BCUT2D eigenvalue weighted by molar-refractivity contribution is 5.79. The molecule has 0 aromatic rings. The largest absolute Gasteiger partial charge is 0.453 e. The highest BCUT2D eigenvalue weighted by atomic mass is 16.5. The highest BCUT2D eigenvalue weighted by Gasteiger charge is 2.07. The lowest BCUT2D eigenvalue weighted by Gasteiger charge is -2.20. The van der Waals surface area contributed by atoms with Gasteiger partial charge < -0.3 is 25.8 Å². The molecular formula is C13H25N5O3. The molecule has 120 valence electrons. The van der Waals surface area contributed by atoms with Crippen molar-refractivity contribution in [3.63, 3.8) is 0 Å². The van der Waals surface area contributed by atoms with Gasteiger partial charge in [0.1, 0.15) is 5.82 Å². The Morgan fingerprint density at radius 3 is 2.76 bits per heavy atom. The standard InChI is InChI=1S/C13H25N5O3/c1-10(7-16-11(2)8-19)12(17-9-14)18(3)6-5-15-13(20)21-4/h7,9,11,19H,5-6,8H2,1-4H3,(H2,14,17)(H,15,20). The van der Waals surface area contributed by atoms with Gasteiger partial charge in [-0.1, -0.05) is 0 Å². The molecule has 0 fully saturated rings. The summed E-state index contributed by atoms with van der Waals surface area (Å²) in [5, 5.41) is 11.5. The zero-order valence-corrected chi connectivity index (χ0v) is 13.0. The minimum atomic E-state index is -0.480. The molecule has 0 aliphatic heterocycles. The van der Waals surface area contributed by atoms with Crippen molar-refractivity contribution in [2.75, 3.05) is 33.9 Å². The molecule has 8 nitrogen and oxygen atoms in total. The molecule has 0 saturated heterocycles. The van der Waals surface area contributed by atoms with E-state index in [0.717, 1.165) is 5.57 Å². The molecule has 0 aliphatic rings. The lowest BCUT2D eigenvalue weighted by Crippen LogP contribution is -2.32. The van der Waals surface area contributed by atoms with Crippen LogP contribution in [0.25, 0.3) is 0 Å².